The number of rotatable bonds is 2. The molecule has 2 rings (SSSR count). The van der Waals surface area contributed by atoms with E-state index in [1.165, 1.54) is 30.1 Å². The van der Waals surface area contributed by atoms with Crippen molar-refractivity contribution in [3.8, 4) is 0 Å². The molecule has 1 saturated heterocycles. The summed E-state index contributed by atoms with van der Waals surface area (Å²) in [4.78, 5) is 13.5. The van der Waals surface area contributed by atoms with Crippen LogP contribution in [0.5, 0.6) is 0 Å². The van der Waals surface area contributed by atoms with Crippen molar-refractivity contribution in [2.45, 2.75) is 12.2 Å². The lowest BCUT2D eigenvalue weighted by Gasteiger charge is -2.17. The molecule has 0 aromatic heterocycles. The number of anilines is 1. The summed E-state index contributed by atoms with van der Waals surface area (Å²) in [5.74, 6) is -0.918. The van der Waals surface area contributed by atoms with E-state index in [4.69, 9.17) is 0 Å². The number of amides is 1. The molecular formula is C12H15FN2O3. The van der Waals surface area contributed by atoms with Gasteiger partial charge in [0.15, 0.2) is 0 Å². The van der Waals surface area contributed by atoms with E-state index in [-0.39, 0.29) is 24.3 Å². The summed E-state index contributed by atoms with van der Waals surface area (Å²) in [5.41, 5.74) is 0.317. The third-order valence-corrected chi connectivity index (χ3v) is 3.04. The van der Waals surface area contributed by atoms with Gasteiger partial charge in [-0.15, -0.1) is 0 Å². The number of para-hydroxylation sites is 1. The molecule has 0 radical (unpaired) electrons. The highest BCUT2D eigenvalue weighted by atomic mass is 19.1. The number of halogens is 1. The summed E-state index contributed by atoms with van der Waals surface area (Å²) < 4.78 is 13.5. The normalized spacial score (nSPS) is 23.2. The number of aliphatic hydroxyl groups is 2. The van der Waals surface area contributed by atoms with Crippen LogP contribution in [0.1, 0.15) is 10.4 Å². The molecule has 98 valence electrons. The monoisotopic (exact) mass is 254 g/mol. The van der Waals surface area contributed by atoms with E-state index in [1.807, 2.05) is 0 Å². The van der Waals surface area contributed by atoms with Crippen molar-refractivity contribution in [1.82, 2.24) is 4.90 Å². The second-order valence-electron chi connectivity index (χ2n) is 4.26. The molecule has 1 aliphatic heterocycles. The van der Waals surface area contributed by atoms with Gasteiger partial charge in [0, 0.05) is 20.1 Å². The minimum Gasteiger partial charge on any atom is -0.388 e. The number of benzene rings is 1. The van der Waals surface area contributed by atoms with Crippen LogP contribution in [0.15, 0.2) is 18.2 Å². The van der Waals surface area contributed by atoms with E-state index in [0.29, 0.717) is 0 Å². The Morgan fingerprint density at radius 2 is 2.00 bits per heavy atom. The first-order valence-electron chi connectivity index (χ1n) is 5.66. The van der Waals surface area contributed by atoms with Crippen molar-refractivity contribution in [2.75, 3.05) is 25.5 Å². The van der Waals surface area contributed by atoms with E-state index in [0.717, 1.165) is 0 Å². The number of hydrogen-bond acceptors (Lipinski definition) is 4. The minimum absolute atomic E-state index is 0.0552. The molecule has 3 N–H and O–H groups in total. The molecule has 2 atom stereocenters. The van der Waals surface area contributed by atoms with Crippen LogP contribution in [0.3, 0.4) is 0 Å². The van der Waals surface area contributed by atoms with Gasteiger partial charge in [0.05, 0.1) is 23.5 Å². The van der Waals surface area contributed by atoms with Gasteiger partial charge in [-0.2, -0.15) is 0 Å². The lowest BCUT2D eigenvalue weighted by atomic mass is 10.1. The number of nitrogens with one attached hydrogen (secondary N) is 1. The fourth-order valence-electron chi connectivity index (χ4n) is 2.06. The SMILES string of the molecule is CNc1c(F)cccc1C(=O)N1CC(O)C(O)C1. The van der Waals surface area contributed by atoms with Crippen LogP contribution in [0.2, 0.25) is 0 Å². The van der Waals surface area contributed by atoms with Gasteiger partial charge < -0.3 is 20.4 Å². The second kappa shape index (κ2) is 4.91. The third kappa shape index (κ3) is 2.16. The van der Waals surface area contributed by atoms with E-state index in [2.05, 4.69) is 5.32 Å². The predicted molar refractivity (Wildman–Crippen MR) is 63.9 cm³/mol. The zero-order valence-corrected chi connectivity index (χ0v) is 9.93. The van der Waals surface area contributed by atoms with E-state index < -0.39 is 23.9 Å². The van der Waals surface area contributed by atoms with Gasteiger partial charge in [-0.05, 0) is 12.1 Å². The van der Waals surface area contributed by atoms with Crippen LogP contribution < -0.4 is 5.32 Å². The summed E-state index contributed by atoms with van der Waals surface area (Å²) in [6, 6.07) is 4.22. The molecule has 0 bridgehead atoms. The Labute approximate surface area is 104 Å². The van der Waals surface area contributed by atoms with Gasteiger partial charge in [0.25, 0.3) is 5.91 Å². The summed E-state index contributed by atoms with van der Waals surface area (Å²) in [5, 5.41) is 21.5. The Kier molecular flexibility index (Phi) is 3.49. The second-order valence-corrected chi connectivity index (χ2v) is 4.26. The van der Waals surface area contributed by atoms with E-state index >= 15 is 0 Å². The van der Waals surface area contributed by atoms with Gasteiger partial charge in [0.2, 0.25) is 0 Å². The van der Waals surface area contributed by atoms with Crippen molar-refractivity contribution >= 4 is 11.6 Å². The molecule has 5 nitrogen and oxygen atoms in total. The number of carbonyl (C=O) groups excluding carboxylic acids is 1. The van der Waals surface area contributed by atoms with Gasteiger partial charge in [-0.3, -0.25) is 4.79 Å². The topological polar surface area (TPSA) is 72.8 Å². The van der Waals surface area contributed by atoms with Crippen LogP contribution >= 0.6 is 0 Å². The fourth-order valence-corrected chi connectivity index (χ4v) is 2.06. The molecule has 1 aromatic rings. The zero-order valence-electron chi connectivity index (χ0n) is 9.93. The van der Waals surface area contributed by atoms with Crippen molar-refractivity contribution in [3.05, 3.63) is 29.6 Å². The molecule has 0 saturated carbocycles. The maximum Gasteiger partial charge on any atom is 0.256 e. The highest BCUT2D eigenvalue weighted by Gasteiger charge is 2.33. The summed E-state index contributed by atoms with van der Waals surface area (Å²) in [7, 11) is 1.53. The number of likely N-dealkylation sites (tertiary alicyclic amines) is 1. The van der Waals surface area contributed by atoms with Crippen LogP contribution in [0, 0.1) is 5.82 Å². The number of aliphatic hydroxyl groups excluding tert-OH is 2. The Balaban J connectivity index is 2.27. The molecule has 6 heteroatoms. The molecule has 0 aliphatic carbocycles. The summed E-state index contributed by atoms with van der Waals surface area (Å²) in [6.07, 6.45) is -1.89. The Bertz CT molecular complexity index is 457. The van der Waals surface area contributed by atoms with Gasteiger partial charge in [-0.1, -0.05) is 6.07 Å². The van der Waals surface area contributed by atoms with Crippen LogP contribution in [0.25, 0.3) is 0 Å². The van der Waals surface area contributed by atoms with Crippen molar-refractivity contribution in [2.24, 2.45) is 0 Å². The number of hydrogen-bond donors (Lipinski definition) is 3. The van der Waals surface area contributed by atoms with Gasteiger partial charge in [-0.25, -0.2) is 4.39 Å². The third-order valence-electron chi connectivity index (χ3n) is 3.04. The Morgan fingerprint density at radius 1 is 1.39 bits per heavy atom. The number of β-amino-alcohol motifs (C(OH)–C–C–N with tert-alkyl or cyclic N) is 2. The fraction of sp³-hybridized carbons (Fsp3) is 0.417. The van der Waals surface area contributed by atoms with Crippen molar-refractivity contribution in [3.63, 3.8) is 0 Å². The first-order chi connectivity index (χ1) is 8.54. The summed E-state index contributed by atoms with van der Waals surface area (Å²) in [6.45, 7) is 0.110. The first kappa shape index (κ1) is 12.8. The molecule has 1 aromatic carbocycles. The van der Waals surface area contributed by atoms with Crippen LogP contribution in [-0.2, 0) is 0 Å². The highest BCUT2D eigenvalue weighted by molar-refractivity contribution is 5.99. The maximum absolute atomic E-state index is 13.5. The molecular weight excluding hydrogens is 239 g/mol. The molecule has 18 heavy (non-hydrogen) atoms. The van der Waals surface area contributed by atoms with Crippen LogP contribution in [-0.4, -0.2) is 53.4 Å². The Morgan fingerprint density at radius 3 is 2.56 bits per heavy atom. The number of carbonyl (C=O) groups is 1. The molecule has 0 spiro atoms. The maximum atomic E-state index is 13.5. The molecule has 1 heterocycles. The average molecular weight is 254 g/mol. The predicted octanol–water partition coefficient (Wildman–Crippen LogP) is 0.0450. The van der Waals surface area contributed by atoms with Gasteiger partial charge >= 0.3 is 0 Å². The minimum atomic E-state index is -0.944. The zero-order chi connectivity index (χ0) is 13.3. The van der Waals surface area contributed by atoms with E-state index in [1.54, 1.807) is 0 Å². The van der Waals surface area contributed by atoms with Gasteiger partial charge in [0.1, 0.15) is 5.82 Å². The van der Waals surface area contributed by atoms with Crippen LogP contribution in [0.4, 0.5) is 10.1 Å². The Hall–Kier alpha value is -1.66. The lowest BCUT2D eigenvalue weighted by molar-refractivity contribution is 0.0572. The van der Waals surface area contributed by atoms with E-state index in [9.17, 15) is 19.4 Å². The largest absolute Gasteiger partial charge is 0.388 e. The molecule has 1 aliphatic rings. The standard InChI is InChI=1S/C12H15FN2O3/c1-14-11-7(3-2-4-8(11)13)12(18)15-5-9(16)10(17)6-15/h2-4,9-10,14,16-17H,5-6H2,1H3. The van der Waals surface area contributed by atoms with Crippen molar-refractivity contribution < 1.29 is 19.4 Å². The molecule has 1 amide bonds. The quantitative estimate of drug-likeness (QED) is 0.697. The lowest BCUT2D eigenvalue weighted by Crippen LogP contribution is -2.30. The molecule has 2 unspecified atom stereocenters. The highest BCUT2D eigenvalue weighted by Crippen LogP contribution is 2.22. The molecule has 1 fully saturated rings. The smallest absolute Gasteiger partial charge is 0.256 e. The van der Waals surface area contributed by atoms with Crippen molar-refractivity contribution in [1.29, 1.82) is 0 Å². The summed E-state index contributed by atoms with van der Waals surface area (Å²) >= 11 is 0. The average Bonchev–Trinajstić information content (AvgIpc) is 2.68. The number of nitrogens with zero attached hydrogens (tertiary/aromatic N) is 1. The first-order valence-corrected chi connectivity index (χ1v) is 5.66.